The van der Waals surface area contributed by atoms with E-state index in [0.717, 1.165) is 22.3 Å². The van der Waals surface area contributed by atoms with Crippen molar-refractivity contribution in [3.05, 3.63) is 504 Å². The number of fused-ring (bicyclic) bond motifs is 20. The predicted molar refractivity (Wildman–Crippen MR) is 583 cm³/mol. The Kier molecular flexibility index (Phi) is 18.6. The summed E-state index contributed by atoms with van der Waals surface area (Å²) in [6.07, 6.45) is 5.76. The normalized spacial score (nSPS) is 11.8. The van der Waals surface area contributed by atoms with Gasteiger partial charge in [0.05, 0.1) is 62.4 Å². The summed E-state index contributed by atoms with van der Waals surface area (Å²) in [7, 11) is 0. The third-order valence-electron chi connectivity index (χ3n) is 28.6. The molecule has 5 heteroatoms. The molecule has 0 spiro atoms. The molecule has 0 unspecified atom stereocenters. The van der Waals surface area contributed by atoms with Crippen LogP contribution in [0.5, 0.6) is 0 Å². The van der Waals surface area contributed by atoms with Crippen molar-refractivity contribution < 1.29 is 0 Å². The second kappa shape index (κ2) is 32.4. The predicted octanol–water partition coefficient (Wildman–Crippen LogP) is 35.8. The van der Waals surface area contributed by atoms with Crippen molar-refractivity contribution in [1.82, 2.24) is 23.7 Å². The van der Waals surface area contributed by atoms with Crippen molar-refractivity contribution in [3.8, 4) is 83.8 Å². The molecule has 0 saturated heterocycles. The molecule has 5 heterocycles. The van der Waals surface area contributed by atoms with Gasteiger partial charge in [-0.15, -0.1) is 0 Å². The van der Waals surface area contributed by atoms with Crippen molar-refractivity contribution >= 4 is 184 Å². The van der Waals surface area contributed by atoms with Gasteiger partial charge < -0.3 is 13.7 Å². The van der Waals surface area contributed by atoms with Crippen molar-refractivity contribution in [1.29, 1.82) is 0 Å². The van der Waals surface area contributed by atoms with Crippen LogP contribution in [0.1, 0.15) is 0 Å². The molecule has 0 fully saturated rings. The summed E-state index contributed by atoms with van der Waals surface area (Å²) in [5, 5.41) is 33.9. The van der Waals surface area contributed by atoms with Crippen LogP contribution in [0, 0.1) is 0 Å². The zero-order chi connectivity index (χ0) is 90.1. The molecule has 0 saturated carbocycles. The van der Waals surface area contributed by atoms with Crippen LogP contribution in [-0.4, -0.2) is 23.7 Å². The lowest BCUT2D eigenvalue weighted by atomic mass is 9.84. The summed E-state index contributed by atoms with van der Waals surface area (Å²) in [6, 6.07) is 177. The van der Waals surface area contributed by atoms with Gasteiger partial charge in [0, 0.05) is 49.6 Å². The standard InChI is InChI=1S/C46H29N.C45H28N2.C41H26N2/c1-2-14-32-28-34(26-24-30(32)12-1)47-43-23-10-9-17-36(43)42-29-33(25-27-44(42)47)45-38-18-5-7-20-40(38)46(41-21-8-6-19-39(41)45)37-22-11-15-31-13-3-4-16-35(31)37;1-3-15-33-29(12-1)14-11-21-35(33)45-38-19-6-4-17-36(38)44(37-18-5-7-20-39(37)45)31-24-25-43-40(27-31)34-16-8-10-23-42(34)47(43)32-26-30-13-2-9-22-41(30)46-28-32;1-2-14-30-27(11-1)12-9-20-32(30)41-35-18-5-3-16-33(35)40(34-17-4-6-19-36(34)41)28-22-23-39-37(25-28)31-15-7-8-21-38(31)43(39)29-13-10-24-42-26-29/h1-29H;1-28H;1-26H. The smallest absolute Gasteiger partial charge is 0.0703 e. The second-order valence-electron chi connectivity index (χ2n) is 36.0. The maximum atomic E-state index is 4.82. The maximum Gasteiger partial charge on any atom is 0.0703 e. The Labute approximate surface area is 789 Å². The van der Waals surface area contributed by atoms with E-state index in [1.165, 1.54) is 246 Å². The molecule has 137 heavy (non-hydrogen) atoms. The van der Waals surface area contributed by atoms with Crippen LogP contribution >= 0.6 is 0 Å². The zero-order valence-corrected chi connectivity index (χ0v) is 74.7. The topological polar surface area (TPSA) is 40.6 Å². The summed E-state index contributed by atoms with van der Waals surface area (Å²) >= 11 is 0. The molecule has 0 aliphatic heterocycles. The Hall–Kier alpha value is -18.2. The second-order valence-corrected chi connectivity index (χ2v) is 36.0. The quantitative estimate of drug-likeness (QED) is 0.135. The zero-order valence-electron chi connectivity index (χ0n) is 74.7. The summed E-state index contributed by atoms with van der Waals surface area (Å²) in [4.78, 5) is 9.23. The minimum absolute atomic E-state index is 1.00. The van der Waals surface area contributed by atoms with Crippen LogP contribution in [0.15, 0.2) is 504 Å². The summed E-state index contributed by atoms with van der Waals surface area (Å²) < 4.78 is 7.09. The molecule has 5 nitrogen and oxygen atoms in total. The molecule has 0 amide bonds. The summed E-state index contributed by atoms with van der Waals surface area (Å²) in [5.74, 6) is 0. The average molecular weight is 1740 g/mol. The van der Waals surface area contributed by atoms with Gasteiger partial charge in [-0.3, -0.25) is 9.97 Å². The molecule has 5 aromatic heterocycles. The molecule has 0 radical (unpaired) electrons. The molecule has 24 aromatic carbocycles. The van der Waals surface area contributed by atoms with Crippen LogP contribution in [0.4, 0.5) is 0 Å². The molecule has 0 aliphatic carbocycles. The van der Waals surface area contributed by atoms with E-state index in [9.17, 15) is 0 Å². The molecule has 636 valence electrons. The van der Waals surface area contributed by atoms with Crippen LogP contribution in [-0.2, 0) is 0 Å². The minimum Gasteiger partial charge on any atom is -0.309 e. The summed E-state index contributed by atoms with van der Waals surface area (Å²) in [6.45, 7) is 0. The van der Waals surface area contributed by atoms with E-state index in [0.29, 0.717) is 0 Å². The third kappa shape index (κ3) is 12.8. The highest BCUT2D eigenvalue weighted by molar-refractivity contribution is 6.29. The lowest BCUT2D eigenvalue weighted by molar-refractivity contribution is 1.14. The number of para-hydroxylation sites is 4. The molecule has 29 rings (SSSR count). The van der Waals surface area contributed by atoms with E-state index in [1.807, 2.05) is 30.7 Å². The Morgan fingerprint density at radius 3 is 0.788 bits per heavy atom. The Bertz CT molecular complexity index is 9450. The third-order valence-corrected chi connectivity index (χ3v) is 28.6. The Morgan fingerprint density at radius 1 is 0.146 bits per heavy atom. The SMILES string of the molecule is c1ccc2cc(-n3c4ccccc4c4cc(-c5c6ccccc6c(-c6cccc7ccccc67)c6ccccc56)ccc43)ccc2c1.c1ccc2ncc(-n3c4ccccc4c4cc(-c5c6ccccc6c(-c6cccc7ccccc67)c6ccccc56)ccc43)cc2c1.c1cncc(-n2c3ccccc3c3cc(-c4c5ccccc5c(-c5cccc6ccccc56)c5ccccc45)ccc32)c1. The maximum absolute atomic E-state index is 4.82. The highest BCUT2D eigenvalue weighted by atomic mass is 15.0. The molecular formula is C132H83N5. The van der Waals surface area contributed by atoms with E-state index in [1.54, 1.807) is 0 Å². The molecule has 0 bridgehead atoms. The fourth-order valence-electron chi connectivity index (χ4n) is 22.7. The van der Waals surface area contributed by atoms with Gasteiger partial charge in [-0.1, -0.05) is 394 Å². The number of benzene rings is 24. The van der Waals surface area contributed by atoms with E-state index in [4.69, 9.17) is 4.98 Å². The Balaban J connectivity index is 0.000000104. The minimum atomic E-state index is 1.00. The Morgan fingerprint density at radius 2 is 0.423 bits per heavy atom. The number of rotatable bonds is 9. The van der Waals surface area contributed by atoms with Gasteiger partial charge in [-0.2, -0.15) is 0 Å². The molecular weight excluding hydrogens is 1660 g/mol. The lowest BCUT2D eigenvalue weighted by Gasteiger charge is -2.19. The molecule has 0 N–H and O–H groups in total. The monoisotopic (exact) mass is 1740 g/mol. The van der Waals surface area contributed by atoms with Crippen molar-refractivity contribution in [2.24, 2.45) is 0 Å². The van der Waals surface area contributed by atoms with E-state index in [-0.39, 0.29) is 0 Å². The molecule has 29 aromatic rings. The average Bonchev–Trinajstić information content (AvgIpc) is 1.69. The molecule has 0 aliphatic rings. The fourth-order valence-corrected chi connectivity index (χ4v) is 22.7. The van der Waals surface area contributed by atoms with Crippen LogP contribution in [0.3, 0.4) is 0 Å². The van der Waals surface area contributed by atoms with Crippen molar-refractivity contribution in [2.75, 3.05) is 0 Å². The van der Waals surface area contributed by atoms with Gasteiger partial charge in [-0.05, 0) is 265 Å². The number of nitrogens with zero attached hydrogens (tertiary/aromatic N) is 5. The van der Waals surface area contributed by atoms with Gasteiger partial charge >= 0.3 is 0 Å². The molecule has 0 atom stereocenters. The van der Waals surface area contributed by atoms with Gasteiger partial charge in [0.1, 0.15) is 0 Å². The van der Waals surface area contributed by atoms with Crippen LogP contribution in [0.2, 0.25) is 0 Å². The highest BCUT2D eigenvalue weighted by Crippen LogP contribution is 2.52. The highest BCUT2D eigenvalue weighted by Gasteiger charge is 2.26. The fraction of sp³-hybridized carbons (Fsp3) is 0. The first-order chi connectivity index (χ1) is 68.0. The largest absolute Gasteiger partial charge is 0.309 e. The van der Waals surface area contributed by atoms with Gasteiger partial charge in [-0.25, -0.2) is 0 Å². The van der Waals surface area contributed by atoms with Crippen molar-refractivity contribution in [2.45, 2.75) is 0 Å². The number of hydrogen-bond donors (Lipinski definition) is 0. The van der Waals surface area contributed by atoms with Gasteiger partial charge in [0.25, 0.3) is 0 Å². The van der Waals surface area contributed by atoms with Crippen LogP contribution < -0.4 is 0 Å². The van der Waals surface area contributed by atoms with Crippen LogP contribution in [0.25, 0.3) is 268 Å². The summed E-state index contributed by atoms with van der Waals surface area (Å²) in [5.41, 5.74) is 26.7. The van der Waals surface area contributed by atoms with Gasteiger partial charge in [0.2, 0.25) is 0 Å². The van der Waals surface area contributed by atoms with E-state index < -0.39 is 0 Å². The van der Waals surface area contributed by atoms with Gasteiger partial charge in [0.15, 0.2) is 0 Å². The first-order valence-electron chi connectivity index (χ1n) is 47.1. The first kappa shape index (κ1) is 78.7. The van der Waals surface area contributed by atoms with Crippen molar-refractivity contribution in [3.63, 3.8) is 0 Å². The number of pyridine rings is 2. The first-order valence-corrected chi connectivity index (χ1v) is 47.1. The van der Waals surface area contributed by atoms with E-state index >= 15 is 0 Å². The lowest BCUT2D eigenvalue weighted by Crippen LogP contribution is -1.95. The number of hydrogen-bond acceptors (Lipinski definition) is 2. The van der Waals surface area contributed by atoms with E-state index in [2.05, 4.69) is 492 Å². The number of aromatic nitrogens is 5.